The van der Waals surface area contributed by atoms with Gasteiger partial charge in [-0.05, 0) is 30.7 Å². The molecule has 0 radical (unpaired) electrons. The molecule has 0 aliphatic heterocycles. The molecule has 0 amide bonds. The van der Waals surface area contributed by atoms with Gasteiger partial charge in [-0.1, -0.05) is 24.9 Å². The highest BCUT2D eigenvalue weighted by Crippen LogP contribution is 2.32. The fraction of sp³-hybridized carbons (Fsp3) is 0.583. The molecule has 1 aromatic rings. The maximum atomic E-state index is 5.87. The Labute approximate surface area is 106 Å². The topological polar surface area (TPSA) is 24.9 Å². The second-order valence-electron chi connectivity index (χ2n) is 4.04. The Hall–Kier alpha value is -0.410. The van der Waals surface area contributed by atoms with Gasteiger partial charge < -0.3 is 5.32 Å². The van der Waals surface area contributed by atoms with Crippen LogP contribution < -0.4 is 5.32 Å². The van der Waals surface area contributed by atoms with Crippen LogP contribution in [0.5, 0.6) is 0 Å². The van der Waals surface area contributed by atoms with Crippen molar-refractivity contribution in [2.75, 3.05) is 11.1 Å². The van der Waals surface area contributed by atoms with Gasteiger partial charge >= 0.3 is 0 Å². The molecule has 1 saturated carbocycles. The monoisotopic (exact) mass is 256 g/mol. The van der Waals surface area contributed by atoms with Crippen LogP contribution >= 0.6 is 23.4 Å². The Morgan fingerprint density at radius 3 is 3.19 bits per heavy atom. The van der Waals surface area contributed by atoms with E-state index in [4.69, 9.17) is 11.6 Å². The van der Waals surface area contributed by atoms with E-state index < -0.39 is 0 Å². The molecule has 2 atom stereocenters. The molecule has 1 aromatic heterocycles. The second kappa shape index (κ2) is 5.78. The zero-order chi connectivity index (χ0) is 11.4. The van der Waals surface area contributed by atoms with Gasteiger partial charge in [0.2, 0.25) is 0 Å². The number of aromatic nitrogens is 1. The minimum atomic E-state index is 0.558. The van der Waals surface area contributed by atoms with Gasteiger partial charge in [0, 0.05) is 23.2 Å². The second-order valence-corrected chi connectivity index (χ2v) is 5.95. The Balaban J connectivity index is 1.98. The van der Waals surface area contributed by atoms with Crippen molar-refractivity contribution in [2.24, 2.45) is 0 Å². The van der Waals surface area contributed by atoms with Gasteiger partial charge in [0.1, 0.15) is 5.15 Å². The molecule has 2 unspecified atom stereocenters. The third kappa shape index (κ3) is 3.05. The number of nitrogens with zero attached hydrogens (tertiary/aromatic N) is 1. The lowest BCUT2D eigenvalue weighted by molar-refractivity contribution is 0.767. The van der Waals surface area contributed by atoms with E-state index in [0.717, 1.165) is 10.9 Å². The molecule has 1 fully saturated rings. The lowest BCUT2D eigenvalue weighted by Crippen LogP contribution is -2.26. The van der Waals surface area contributed by atoms with E-state index in [1.54, 1.807) is 6.20 Å². The zero-order valence-electron chi connectivity index (χ0n) is 9.45. The molecule has 88 valence electrons. The average molecular weight is 257 g/mol. The third-order valence-corrected chi connectivity index (χ3v) is 4.44. The quantitative estimate of drug-likeness (QED) is 0.829. The van der Waals surface area contributed by atoms with Crippen molar-refractivity contribution in [3.8, 4) is 0 Å². The molecule has 1 aliphatic rings. The molecule has 2 rings (SSSR count). The molecule has 2 nitrogen and oxygen atoms in total. The summed E-state index contributed by atoms with van der Waals surface area (Å²) in [6, 6.07) is 4.47. The fourth-order valence-electron chi connectivity index (χ4n) is 2.21. The Bertz CT molecular complexity index is 346. The van der Waals surface area contributed by atoms with Crippen LogP contribution in [-0.2, 0) is 0 Å². The summed E-state index contributed by atoms with van der Waals surface area (Å²) in [4.78, 5) is 3.99. The van der Waals surface area contributed by atoms with Gasteiger partial charge in [-0.2, -0.15) is 11.8 Å². The van der Waals surface area contributed by atoms with Gasteiger partial charge in [0.05, 0.1) is 0 Å². The Morgan fingerprint density at radius 2 is 2.44 bits per heavy atom. The molecular weight excluding hydrogens is 240 g/mol. The first-order valence-electron chi connectivity index (χ1n) is 5.79. The van der Waals surface area contributed by atoms with Crippen molar-refractivity contribution in [2.45, 2.75) is 37.5 Å². The van der Waals surface area contributed by atoms with Crippen LogP contribution in [0.3, 0.4) is 0 Å². The molecule has 4 heteroatoms. The van der Waals surface area contributed by atoms with E-state index in [2.05, 4.69) is 29.0 Å². The zero-order valence-corrected chi connectivity index (χ0v) is 11.0. The van der Waals surface area contributed by atoms with Crippen molar-refractivity contribution in [3.63, 3.8) is 0 Å². The molecular formula is C12H17ClN2S. The minimum Gasteiger partial charge on any atom is -0.381 e. The van der Waals surface area contributed by atoms with Crippen LogP contribution in [0.15, 0.2) is 18.3 Å². The summed E-state index contributed by atoms with van der Waals surface area (Å²) >= 11 is 7.93. The van der Waals surface area contributed by atoms with Gasteiger partial charge in [-0.15, -0.1) is 0 Å². The molecule has 1 heterocycles. The molecule has 1 N–H and O–H groups in total. The van der Waals surface area contributed by atoms with Crippen LogP contribution in [-0.4, -0.2) is 22.0 Å². The van der Waals surface area contributed by atoms with Crippen molar-refractivity contribution >= 4 is 29.1 Å². The van der Waals surface area contributed by atoms with Gasteiger partial charge in [-0.3, -0.25) is 0 Å². The van der Waals surface area contributed by atoms with Gasteiger partial charge in [0.25, 0.3) is 0 Å². The molecule has 0 spiro atoms. The molecule has 16 heavy (non-hydrogen) atoms. The van der Waals surface area contributed by atoms with E-state index in [1.165, 1.54) is 25.0 Å². The molecule has 0 saturated heterocycles. The summed E-state index contributed by atoms with van der Waals surface area (Å²) in [6.45, 7) is 2.23. The average Bonchev–Trinajstić information content (AvgIpc) is 2.66. The van der Waals surface area contributed by atoms with E-state index in [9.17, 15) is 0 Å². The predicted octanol–water partition coefficient (Wildman–Crippen LogP) is 3.82. The number of anilines is 1. The summed E-state index contributed by atoms with van der Waals surface area (Å²) in [7, 11) is 0. The first-order valence-corrected chi connectivity index (χ1v) is 7.22. The van der Waals surface area contributed by atoms with Crippen LogP contribution in [0.25, 0.3) is 0 Å². The lowest BCUT2D eigenvalue weighted by atomic mass is 10.2. The van der Waals surface area contributed by atoms with E-state index in [1.807, 2.05) is 12.1 Å². The highest BCUT2D eigenvalue weighted by atomic mass is 35.5. The maximum Gasteiger partial charge on any atom is 0.131 e. The molecule has 1 aliphatic carbocycles. The minimum absolute atomic E-state index is 0.558. The van der Waals surface area contributed by atoms with E-state index in [0.29, 0.717) is 11.2 Å². The summed E-state index contributed by atoms with van der Waals surface area (Å²) in [6.07, 6.45) is 5.67. The number of nitrogens with one attached hydrogen (secondary N) is 1. The standard InChI is InChI=1S/C12H17ClN2S/c1-2-16-11-5-3-4-10(11)15-9-6-7-14-12(13)8-9/h6-8,10-11H,2-5H2,1H3,(H,14,15). The first kappa shape index (κ1) is 12.1. The SMILES string of the molecule is CCSC1CCCC1Nc1ccnc(Cl)c1. The van der Waals surface area contributed by atoms with Crippen molar-refractivity contribution < 1.29 is 0 Å². The van der Waals surface area contributed by atoms with Crippen LogP contribution in [0, 0.1) is 0 Å². The van der Waals surface area contributed by atoms with Crippen LogP contribution in [0.4, 0.5) is 5.69 Å². The van der Waals surface area contributed by atoms with Crippen molar-refractivity contribution in [1.82, 2.24) is 4.98 Å². The fourth-order valence-corrected chi connectivity index (χ4v) is 3.58. The molecule has 0 aromatic carbocycles. The maximum absolute atomic E-state index is 5.87. The van der Waals surface area contributed by atoms with Crippen molar-refractivity contribution in [1.29, 1.82) is 0 Å². The number of rotatable bonds is 4. The Kier molecular flexibility index (Phi) is 4.36. The first-order chi connectivity index (χ1) is 7.79. The highest BCUT2D eigenvalue weighted by molar-refractivity contribution is 7.99. The summed E-state index contributed by atoms with van der Waals surface area (Å²) < 4.78 is 0. The largest absolute Gasteiger partial charge is 0.381 e. The number of halogens is 1. The normalized spacial score (nSPS) is 24.6. The number of hydrogen-bond donors (Lipinski definition) is 1. The predicted molar refractivity (Wildman–Crippen MR) is 72.4 cm³/mol. The summed E-state index contributed by atoms with van der Waals surface area (Å²) in [5, 5.41) is 4.88. The smallest absolute Gasteiger partial charge is 0.131 e. The molecule has 0 bridgehead atoms. The van der Waals surface area contributed by atoms with Gasteiger partial charge in [0.15, 0.2) is 0 Å². The highest BCUT2D eigenvalue weighted by Gasteiger charge is 2.26. The lowest BCUT2D eigenvalue weighted by Gasteiger charge is -2.21. The van der Waals surface area contributed by atoms with Gasteiger partial charge in [-0.25, -0.2) is 4.98 Å². The number of thioether (sulfide) groups is 1. The number of pyridine rings is 1. The Morgan fingerprint density at radius 1 is 1.56 bits per heavy atom. The summed E-state index contributed by atoms with van der Waals surface area (Å²) in [5.41, 5.74) is 1.09. The van der Waals surface area contributed by atoms with E-state index in [-0.39, 0.29) is 0 Å². The van der Waals surface area contributed by atoms with Crippen LogP contribution in [0.1, 0.15) is 26.2 Å². The summed E-state index contributed by atoms with van der Waals surface area (Å²) in [5.74, 6) is 1.19. The number of hydrogen-bond acceptors (Lipinski definition) is 3. The van der Waals surface area contributed by atoms with Crippen LogP contribution in [0.2, 0.25) is 5.15 Å². The third-order valence-electron chi connectivity index (χ3n) is 2.91. The van der Waals surface area contributed by atoms with E-state index >= 15 is 0 Å². The van der Waals surface area contributed by atoms with Crippen molar-refractivity contribution in [3.05, 3.63) is 23.5 Å².